The zero-order valence-corrected chi connectivity index (χ0v) is 15.0. The Kier molecular flexibility index (Phi) is 5.24. The highest BCUT2D eigenvalue weighted by Crippen LogP contribution is 2.30. The molecule has 5 nitrogen and oxygen atoms in total. The molecule has 0 atom stereocenters. The lowest BCUT2D eigenvalue weighted by molar-refractivity contribution is 0.259. The summed E-state index contributed by atoms with van der Waals surface area (Å²) < 4.78 is 5.19. The molecule has 0 saturated heterocycles. The molecule has 1 heterocycles. The van der Waals surface area contributed by atoms with Crippen LogP contribution in [0.4, 0.5) is 16.2 Å². The van der Waals surface area contributed by atoms with Gasteiger partial charge in [-0.25, -0.2) is 4.79 Å². The summed E-state index contributed by atoms with van der Waals surface area (Å²) in [6.45, 7) is 2.71. The third-order valence-electron chi connectivity index (χ3n) is 3.98. The first-order valence-corrected chi connectivity index (χ1v) is 8.51. The summed E-state index contributed by atoms with van der Waals surface area (Å²) in [5, 5.41) is 3.39. The number of ether oxygens (including phenoxy) is 1. The summed E-state index contributed by atoms with van der Waals surface area (Å²) in [4.78, 5) is 19.0. The minimum atomic E-state index is -0.257. The highest BCUT2D eigenvalue weighted by molar-refractivity contribution is 6.32. The van der Waals surface area contributed by atoms with Crippen LogP contribution in [0.5, 0.6) is 5.75 Å². The summed E-state index contributed by atoms with van der Waals surface area (Å²) in [5.74, 6) is 1.31. The molecule has 0 unspecified atom stereocenters. The monoisotopic (exact) mass is 357 g/mol. The van der Waals surface area contributed by atoms with Gasteiger partial charge in [0.25, 0.3) is 0 Å². The summed E-state index contributed by atoms with van der Waals surface area (Å²) in [6, 6.07) is 12.7. The number of aryl methyl sites for hydroxylation is 1. The molecule has 25 heavy (non-hydrogen) atoms. The van der Waals surface area contributed by atoms with Crippen LogP contribution in [0.15, 0.2) is 47.5 Å². The van der Waals surface area contributed by atoms with Gasteiger partial charge in [0.2, 0.25) is 0 Å². The fourth-order valence-electron chi connectivity index (χ4n) is 2.79. The quantitative estimate of drug-likeness (QED) is 0.850. The van der Waals surface area contributed by atoms with E-state index in [4.69, 9.17) is 16.3 Å². The number of halogens is 1. The van der Waals surface area contributed by atoms with Gasteiger partial charge in [0, 0.05) is 18.7 Å². The number of amides is 2. The van der Waals surface area contributed by atoms with Crippen LogP contribution in [-0.4, -0.2) is 25.5 Å². The normalized spacial score (nSPS) is 13.3. The van der Waals surface area contributed by atoms with Gasteiger partial charge in [-0.1, -0.05) is 23.7 Å². The molecule has 0 saturated carbocycles. The van der Waals surface area contributed by atoms with Crippen LogP contribution in [-0.2, 0) is 0 Å². The van der Waals surface area contributed by atoms with Crippen molar-refractivity contribution >= 4 is 34.8 Å². The van der Waals surface area contributed by atoms with Crippen molar-refractivity contribution in [3.8, 4) is 5.75 Å². The fraction of sp³-hybridized carbons (Fsp3) is 0.263. The number of nitrogens with one attached hydrogen (secondary N) is 1. The smallest absolute Gasteiger partial charge is 0.331 e. The molecule has 0 spiro atoms. The van der Waals surface area contributed by atoms with E-state index in [0.29, 0.717) is 16.5 Å². The first kappa shape index (κ1) is 17.3. The van der Waals surface area contributed by atoms with Crippen molar-refractivity contribution in [2.24, 2.45) is 4.99 Å². The number of carbonyl (C=O) groups is 1. The van der Waals surface area contributed by atoms with Gasteiger partial charge in [0.15, 0.2) is 0 Å². The largest absolute Gasteiger partial charge is 0.495 e. The van der Waals surface area contributed by atoms with Crippen molar-refractivity contribution in [3.63, 3.8) is 0 Å². The lowest BCUT2D eigenvalue weighted by Gasteiger charge is -2.24. The minimum absolute atomic E-state index is 0.257. The van der Waals surface area contributed by atoms with Gasteiger partial charge in [-0.05, 0) is 49.2 Å². The van der Waals surface area contributed by atoms with Crippen LogP contribution in [0, 0.1) is 6.92 Å². The number of hydrogen-bond donors (Lipinski definition) is 1. The van der Waals surface area contributed by atoms with E-state index in [1.807, 2.05) is 31.2 Å². The Bertz CT molecular complexity index is 820. The van der Waals surface area contributed by atoms with Crippen LogP contribution in [0.25, 0.3) is 0 Å². The van der Waals surface area contributed by atoms with Crippen molar-refractivity contribution in [1.82, 2.24) is 0 Å². The van der Waals surface area contributed by atoms with Gasteiger partial charge in [-0.2, -0.15) is 0 Å². The molecule has 0 aromatic heterocycles. The predicted octanol–water partition coefficient (Wildman–Crippen LogP) is 4.89. The Morgan fingerprint density at radius 1 is 1.28 bits per heavy atom. The Labute approximate surface area is 152 Å². The zero-order chi connectivity index (χ0) is 17.8. The highest BCUT2D eigenvalue weighted by Gasteiger charge is 2.24. The van der Waals surface area contributed by atoms with Gasteiger partial charge in [0.1, 0.15) is 11.6 Å². The molecular weight excluding hydrogens is 338 g/mol. The Balaban J connectivity index is 1.92. The van der Waals surface area contributed by atoms with Crippen LogP contribution >= 0.6 is 11.6 Å². The van der Waals surface area contributed by atoms with E-state index in [1.165, 1.54) is 0 Å². The van der Waals surface area contributed by atoms with E-state index in [2.05, 4.69) is 10.3 Å². The van der Waals surface area contributed by atoms with Gasteiger partial charge in [-0.15, -0.1) is 0 Å². The molecule has 0 fully saturated rings. The number of benzene rings is 2. The number of methoxy groups -OCH3 is 1. The molecular formula is C19H20ClN3O2. The summed E-state index contributed by atoms with van der Waals surface area (Å²) in [7, 11) is 1.56. The maximum absolute atomic E-state index is 12.9. The van der Waals surface area contributed by atoms with Crippen LogP contribution in [0.3, 0.4) is 0 Å². The third-order valence-corrected chi connectivity index (χ3v) is 4.27. The van der Waals surface area contributed by atoms with Gasteiger partial charge < -0.3 is 10.1 Å². The van der Waals surface area contributed by atoms with E-state index in [9.17, 15) is 4.79 Å². The Morgan fingerprint density at radius 2 is 2.12 bits per heavy atom. The number of hydrogen-bond acceptors (Lipinski definition) is 3. The van der Waals surface area contributed by atoms with E-state index in [1.54, 1.807) is 30.2 Å². The molecule has 6 heteroatoms. The molecule has 0 radical (unpaired) electrons. The van der Waals surface area contributed by atoms with Crippen LogP contribution < -0.4 is 15.0 Å². The Hall–Kier alpha value is -2.53. The second-order valence-electron chi connectivity index (χ2n) is 5.86. The topological polar surface area (TPSA) is 53.9 Å². The molecule has 1 aliphatic rings. The van der Waals surface area contributed by atoms with Gasteiger partial charge in [-0.3, -0.25) is 9.89 Å². The third kappa shape index (κ3) is 3.94. The lowest BCUT2D eigenvalue weighted by atomic mass is 10.2. The zero-order valence-electron chi connectivity index (χ0n) is 14.3. The van der Waals surface area contributed by atoms with Crippen LogP contribution in [0.2, 0.25) is 5.02 Å². The second-order valence-corrected chi connectivity index (χ2v) is 6.26. The summed E-state index contributed by atoms with van der Waals surface area (Å²) in [5.41, 5.74) is 2.49. The molecule has 2 aromatic carbocycles. The minimum Gasteiger partial charge on any atom is -0.495 e. The summed E-state index contributed by atoms with van der Waals surface area (Å²) >= 11 is 6.24. The van der Waals surface area contributed by atoms with Crippen molar-refractivity contribution in [2.45, 2.75) is 19.8 Å². The van der Waals surface area contributed by atoms with Crippen molar-refractivity contribution < 1.29 is 9.53 Å². The van der Waals surface area contributed by atoms with E-state index >= 15 is 0 Å². The number of aliphatic imine (C=N–C) groups is 1. The number of anilines is 2. The standard InChI is InChI=1S/C19H20ClN3O2/c1-13-5-3-6-14(11-13)22-19(24)23(18-7-4-10-21-18)15-8-9-17(25-2)16(20)12-15/h3,5-6,8-9,11-12H,4,7,10H2,1-2H3,(H,22,24). The van der Waals surface area contributed by atoms with Crippen LogP contribution in [0.1, 0.15) is 18.4 Å². The molecule has 2 aromatic rings. The average Bonchev–Trinajstić information content (AvgIpc) is 3.09. The van der Waals surface area contributed by atoms with E-state index < -0.39 is 0 Å². The summed E-state index contributed by atoms with van der Waals surface area (Å²) in [6.07, 6.45) is 1.69. The maximum atomic E-state index is 12.9. The predicted molar refractivity (Wildman–Crippen MR) is 102 cm³/mol. The molecule has 1 aliphatic heterocycles. The number of carbonyl (C=O) groups excluding carboxylic acids is 1. The number of amidine groups is 1. The average molecular weight is 358 g/mol. The molecule has 0 bridgehead atoms. The number of nitrogens with zero attached hydrogens (tertiary/aromatic N) is 2. The fourth-order valence-corrected chi connectivity index (χ4v) is 3.04. The molecule has 1 N–H and O–H groups in total. The van der Waals surface area contributed by atoms with Crippen molar-refractivity contribution in [2.75, 3.05) is 23.9 Å². The molecule has 130 valence electrons. The van der Waals surface area contributed by atoms with Crippen molar-refractivity contribution in [3.05, 3.63) is 53.1 Å². The first-order valence-electron chi connectivity index (χ1n) is 8.13. The number of urea groups is 1. The maximum Gasteiger partial charge on any atom is 0.331 e. The Morgan fingerprint density at radius 3 is 2.76 bits per heavy atom. The van der Waals surface area contributed by atoms with Crippen molar-refractivity contribution in [1.29, 1.82) is 0 Å². The second kappa shape index (κ2) is 7.57. The van der Waals surface area contributed by atoms with Gasteiger partial charge >= 0.3 is 6.03 Å². The molecule has 2 amide bonds. The van der Waals surface area contributed by atoms with Gasteiger partial charge in [0.05, 0.1) is 17.8 Å². The molecule has 3 rings (SSSR count). The first-order chi connectivity index (χ1) is 12.1. The highest BCUT2D eigenvalue weighted by atomic mass is 35.5. The SMILES string of the molecule is COc1ccc(N(C(=O)Nc2cccc(C)c2)C2=NCCC2)cc1Cl. The number of rotatable bonds is 3. The van der Waals surface area contributed by atoms with E-state index in [-0.39, 0.29) is 6.03 Å². The lowest BCUT2D eigenvalue weighted by Crippen LogP contribution is -2.39. The van der Waals surface area contributed by atoms with E-state index in [0.717, 1.165) is 36.5 Å². The molecule has 0 aliphatic carbocycles.